The molecule has 0 saturated heterocycles. The number of aromatic nitrogens is 4. The fraction of sp³-hybridized carbons (Fsp3) is 0.0769. The molecule has 1 aromatic carbocycles. The molecule has 21 heavy (non-hydrogen) atoms. The van der Waals surface area contributed by atoms with E-state index in [9.17, 15) is 0 Å². The zero-order chi connectivity index (χ0) is 14.7. The second-order valence-electron chi connectivity index (χ2n) is 4.05. The summed E-state index contributed by atoms with van der Waals surface area (Å²) in [7, 11) is 0. The number of nitrogens with zero attached hydrogens (tertiary/aromatic N) is 4. The predicted molar refractivity (Wildman–Crippen MR) is 83.2 cm³/mol. The lowest BCUT2D eigenvalue weighted by molar-refractivity contribution is 0.936. The molecule has 0 radical (unpaired) electrons. The molecule has 0 amide bonds. The number of hydrogen-bond donors (Lipinski definition) is 1. The minimum absolute atomic E-state index is 0.259. The number of rotatable bonds is 4. The highest BCUT2D eigenvalue weighted by atomic mass is 35.5. The van der Waals surface area contributed by atoms with Gasteiger partial charge in [0.2, 0.25) is 0 Å². The highest BCUT2D eigenvalue weighted by molar-refractivity contribution is 8.00. The molecule has 0 bridgehead atoms. The highest BCUT2D eigenvalue weighted by Crippen LogP contribution is 2.30. The standard InChI is InChI=1S/C13H8ClN5S2/c14-9-3-1-8(2-4-9)6-20-13-16-11(7-21-13)12-10(5-15)17-19-18-12/h1-4,7H,6H2,(H,17,18,19). The number of nitriles is 1. The maximum Gasteiger partial charge on any atom is 0.192 e. The van der Waals surface area contributed by atoms with E-state index in [1.165, 1.54) is 16.9 Å². The lowest BCUT2D eigenvalue weighted by Crippen LogP contribution is -1.83. The number of thioether (sulfide) groups is 1. The van der Waals surface area contributed by atoms with Crippen molar-refractivity contribution in [1.82, 2.24) is 20.4 Å². The van der Waals surface area contributed by atoms with Crippen molar-refractivity contribution in [1.29, 1.82) is 5.26 Å². The quantitative estimate of drug-likeness (QED) is 0.736. The number of hydrogen-bond acceptors (Lipinski definition) is 6. The number of aromatic amines is 1. The number of halogens is 1. The lowest BCUT2D eigenvalue weighted by Gasteiger charge is -1.98. The van der Waals surface area contributed by atoms with Gasteiger partial charge in [0.1, 0.15) is 17.5 Å². The van der Waals surface area contributed by atoms with Crippen LogP contribution in [0.4, 0.5) is 0 Å². The SMILES string of the molecule is N#Cc1n[nH]nc1-c1csc(SCc2ccc(Cl)cc2)n1. The second kappa shape index (κ2) is 6.26. The Labute approximate surface area is 134 Å². The van der Waals surface area contributed by atoms with E-state index >= 15 is 0 Å². The van der Waals surface area contributed by atoms with Crippen LogP contribution in [-0.4, -0.2) is 20.4 Å². The first-order chi connectivity index (χ1) is 10.3. The summed E-state index contributed by atoms with van der Waals surface area (Å²) in [5, 5.41) is 21.7. The number of H-pyrrole nitrogens is 1. The molecular formula is C13H8ClN5S2. The van der Waals surface area contributed by atoms with Crippen molar-refractivity contribution in [2.45, 2.75) is 10.1 Å². The van der Waals surface area contributed by atoms with Gasteiger partial charge in [-0.2, -0.15) is 15.6 Å². The van der Waals surface area contributed by atoms with E-state index in [0.29, 0.717) is 11.4 Å². The normalized spacial score (nSPS) is 10.5. The van der Waals surface area contributed by atoms with Gasteiger partial charge < -0.3 is 0 Å². The largest absolute Gasteiger partial charge is 0.228 e. The number of thiazole rings is 1. The van der Waals surface area contributed by atoms with Crippen molar-refractivity contribution in [2.75, 3.05) is 0 Å². The van der Waals surface area contributed by atoms with E-state index in [2.05, 4.69) is 20.4 Å². The van der Waals surface area contributed by atoms with Crippen LogP contribution in [0.25, 0.3) is 11.4 Å². The molecule has 0 aliphatic heterocycles. The first-order valence-electron chi connectivity index (χ1n) is 5.90. The Morgan fingerprint density at radius 1 is 1.29 bits per heavy atom. The predicted octanol–water partition coefficient (Wildman–Crippen LogP) is 3.75. The summed E-state index contributed by atoms with van der Waals surface area (Å²) in [6.07, 6.45) is 0. The van der Waals surface area contributed by atoms with E-state index in [1.54, 1.807) is 11.8 Å². The molecule has 0 aliphatic carbocycles. The Morgan fingerprint density at radius 3 is 2.86 bits per heavy atom. The van der Waals surface area contributed by atoms with Crippen LogP contribution in [-0.2, 0) is 5.75 Å². The number of benzene rings is 1. The Balaban J connectivity index is 1.71. The van der Waals surface area contributed by atoms with Gasteiger partial charge in [0, 0.05) is 16.2 Å². The summed E-state index contributed by atoms with van der Waals surface area (Å²) in [6.45, 7) is 0. The van der Waals surface area contributed by atoms with Gasteiger partial charge in [0.25, 0.3) is 0 Å². The molecule has 104 valence electrons. The summed E-state index contributed by atoms with van der Waals surface area (Å²) < 4.78 is 0.923. The van der Waals surface area contributed by atoms with Crippen LogP contribution in [0.5, 0.6) is 0 Å². The highest BCUT2D eigenvalue weighted by Gasteiger charge is 2.13. The molecule has 2 aromatic heterocycles. The van der Waals surface area contributed by atoms with Crippen molar-refractivity contribution in [3.8, 4) is 17.5 Å². The Hall–Kier alpha value is -1.88. The van der Waals surface area contributed by atoms with Gasteiger partial charge in [0.15, 0.2) is 10.0 Å². The fourth-order valence-corrected chi connectivity index (χ4v) is 3.54. The van der Waals surface area contributed by atoms with Crippen LogP contribution in [0.1, 0.15) is 11.3 Å². The molecule has 8 heteroatoms. The molecule has 3 aromatic rings. The van der Waals surface area contributed by atoms with Gasteiger partial charge in [-0.15, -0.1) is 16.4 Å². The van der Waals surface area contributed by atoms with Gasteiger partial charge in [0.05, 0.1) is 0 Å². The van der Waals surface area contributed by atoms with Crippen LogP contribution < -0.4 is 0 Å². The topological polar surface area (TPSA) is 78.2 Å². The summed E-state index contributed by atoms with van der Waals surface area (Å²) in [5.74, 6) is 0.814. The molecule has 3 rings (SSSR count). The van der Waals surface area contributed by atoms with Crippen molar-refractivity contribution in [3.63, 3.8) is 0 Å². The van der Waals surface area contributed by atoms with Crippen molar-refractivity contribution in [2.24, 2.45) is 0 Å². The maximum absolute atomic E-state index is 8.94. The third-order valence-electron chi connectivity index (χ3n) is 2.66. The maximum atomic E-state index is 8.94. The lowest BCUT2D eigenvalue weighted by atomic mass is 10.2. The molecule has 1 N–H and O–H groups in total. The van der Waals surface area contributed by atoms with Crippen LogP contribution in [0.15, 0.2) is 34.0 Å². The van der Waals surface area contributed by atoms with Gasteiger partial charge >= 0.3 is 0 Å². The van der Waals surface area contributed by atoms with Crippen molar-refractivity contribution in [3.05, 3.63) is 45.9 Å². The molecule has 0 atom stereocenters. The molecule has 0 spiro atoms. The molecule has 0 saturated carbocycles. The monoisotopic (exact) mass is 333 g/mol. The second-order valence-corrected chi connectivity index (χ2v) is 6.56. The first-order valence-corrected chi connectivity index (χ1v) is 8.14. The average Bonchev–Trinajstić information content (AvgIpc) is 3.15. The van der Waals surface area contributed by atoms with Gasteiger partial charge in [-0.3, -0.25) is 0 Å². The van der Waals surface area contributed by atoms with E-state index in [0.717, 1.165) is 15.1 Å². The van der Waals surface area contributed by atoms with Gasteiger partial charge in [-0.05, 0) is 17.7 Å². The van der Waals surface area contributed by atoms with Crippen molar-refractivity contribution < 1.29 is 0 Å². The fourth-order valence-electron chi connectivity index (χ4n) is 1.65. The van der Waals surface area contributed by atoms with E-state index in [-0.39, 0.29) is 5.69 Å². The number of nitrogens with one attached hydrogen (secondary N) is 1. The van der Waals surface area contributed by atoms with Crippen molar-refractivity contribution >= 4 is 34.7 Å². The Morgan fingerprint density at radius 2 is 2.10 bits per heavy atom. The Kier molecular flexibility index (Phi) is 4.20. The summed E-state index contributed by atoms with van der Waals surface area (Å²) >= 11 is 9.02. The Bertz CT molecular complexity index is 788. The van der Waals surface area contributed by atoms with Crippen LogP contribution >= 0.6 is 34.7 Å². The molecule has 5 nitrogen and oxygen atoms in total. The average molecular weight is 334 g/mol. The van der Waals surface area contributed by atoms with Gasteiger partial charge in [-0.25, -0.2) is 4.98 Å². The van der Waals surface area contributed by atoms with E-state index in [1.807, 2.05) is 35.7 Å². The summed E-state index contributed by atoms with van der Waals surface area (Å²) in [5.41, 5.74) is 2.60. The van der Waals surface area contributed by atoms with Gasteiger partial charge in [-0.1, -0.05) is 35.5 Å². The third kappa shape index (κ3) is 3.24. The zero-order valence-electron chi connectivity index (χ0n) is 10.6. The van der Waals surface area contributed by atoms with Crippen LogP contribution in [0.3, 0.4) is 0 Å². The van der Waals surface area contributed by atoms with E-state index in [4.69, 9.17) is 16.9 Å². The smallest absolute Gasteiger partial charge is 0.192 e. The summed E-state index contributed by atoms with van der Waals surface area (Å²) in [4.78, 5) is 4.48. The van der Waals surface area contributed by atoms with Crippen LogP contribution in [0.2, 0.25) is 5.02 Å². The molecule has 0 fully saturated rings. The minimum Gasteiger partial charge on any atom is -0.228 e. The van der Waals surface area contributed by atoms with E-state index < -0.39 is 0 Å². The summed E-state index contributed by atoms with van der Waals surface area (Å²) in [6, 6.07) is 9.73. The molecular weight excluding hydrogens is 326 g/mol. The molecule has 0 aliphatic rings. The van der Waals surface area contributed by atoms with Crippen LogP contribution in [0, 0.1) is 11.3 Å². The zero-order valence-corrected chi connectivity index (χ0v) is 13.0. The molecule has 0 unspecified atom stereocenters. The molecule has 2 heterocycles. The third-order valence-corrected chi connectivity index (χ3v) is 5.00. The minimum atomic E-state index is 0.259. The first kappa shape index (κ1) is 14.1.